The minimum absolute atomic E-state index is 0.321. The lowest BCUT2D eigenvalue weighted by atomic mass is 10.3. The summed E-state index contributed by atoms with van der Waals surface area (Å²) in [6, 6.07) is 5.27. The van der Waals surface area contributed by atoms with Gasteiger partial charge in [-0.25, -0.2) is 9.18 Å². The number of amides is 2. The normalized spacial score (nSPS) is 9.47. The molecular formula is C10H10BrFN2O. The Labute approximate surface area is 95.5 Å². The molecule has 2 amide bonds. The predicted molar refractivity (Wildman–Crippen MR) is 61.5 cm³/mol. The zero-order chi connectivity index (χ0) is 11.3. The summed E-state index contributed by atoms with van der Waals surface area (Å²) in [6.45, 7) is 3.88. The van der Waals surface area contributed by atoms with Crippen LogP contribution in [0.4, 0.5) is 14.9 Å². The molecule has 0 aliphatic carbocycles. The maximum absolute atomic E-state index is 12.7. The van der Waals surface area contributed by atoms with Crippen LogP contribution in [0.5, 0.6) is 0 Å². The number of carbonyl (C=O) groups is 1. The van der Waals surface area contributed by atoms with Crippen molar-refractivity contribution in [3.63, 3.8) is 0 Å². The number of rotatable bonds is 3. The number of halogens is 2. The van der Waals surface area contributed by atoms with E-state index in [1.807, 2.05) is 0 Å². The van der Waals surface area contributed by atoms with Crippen molar-refractivity contribution in [1.29, 1.82) is 0 Å². The van der Waals surface area contributed by atoms with Crippen molar-refractivity contribution in [2.45, 2.75) is 0 Å². The molecule has 5 heteroatoms. The van der Waals surface area contributed by atoms with Crippen molar-refractivity contribution in [2.75, 3.05) is 11.9 Å². The molecule has 0 unspecified atom stereocenters. The van der Waals surface area contributed by atoms with Crippen LogP contribution in [0.3, 0.4) is 0 Å². The van der Waals surface area contributed by atoms with Gasteiger partial charge in [-0.05, 0) is 18.2 Å². The minimum Gasteiger partial charge on any atom is -0.333 e. The molecule has 0 saturated carbocycles. The summed E-state index contributed by atoms with van der Waals surface area (Å²) in [5.74, 6) is -0.391. The predicted octanol–water partition coefficient (Wildman–Crippen LogP) is 2.86. The maximum Gasteiger partial charge on any atom is 0.319 e. The third-order valence-electron chi connectivity index (χ3n) is 1.52. The van der Waals surface area contributed by atoms with E-state index in [-0.39, 0.29) is 0 Å². The first-order valence-corrected chi connectivity index (χ1v) is 5.01. The van der Waals surface area contributed by atoms with Crippen LogP contribution < -0.4 is 10.6 Å². The molecule has 0 bridgehead atoms. The summed E-state index contributed by atoms with van der Waals surface area (Å²) in [5.41, 5.74) is 0.410. The second-order valence-electron chi connectivity index (χ2n) is 2.84. The molecule has 0 aromatic heterocycles. The van der Waals surface area contributed by atoms with E-state index in [0.717, 1.165) is 0 Å². The van der Waals surface area contributed by atoms with Crippen LogP contribution in [0.25, 0.3) is 0 Å². The molecule has 0 radical (unpaired) electrons. The Bertz CT molecular complexity index is 381. The van der Waals surface area contributed by atoms with E-state index in [2.05, 4.69) is 33.1 Å². The van der Waals surface area contributed by atoms with Crippen LogP contribution >= 0.6 is 15.9 Å². The van der Waals surface area contributed by atoms with Crippen molar-refractivity contribution in [2.24, 2.45) is 0 Å². The molecule has 0 saturated heterocycles. The Morgan fingerprint density at radius 2 is 2.27 bits per heavy atom. The van der Waals surface area contributed by atoms with E-state index in [0.29, 0.717) is 16.7 Å². The summed E-state index contributed by atoms with van der Waals surface area (Å²) >= 11 is 3.10. The zero-order valence-corrected chi connectivity index (χ0v) is 9.47. The Kier molecular flexibility index (Phi) is 4.30. The van der Waals surface area contributed by atoms with Crippen molar-refractivity contribution in [3.8, 4) is 0 Å². The standard InChI is InChI=1S/C10H10BrFN2O/c1-7(11)6-13-10(15)14-9-4-2-3-8(12)5-9/h2-5H,1,6H2,(H2,13,14,15). The van der Waals surface area contributed by atoms with Crippen LogP contribution in [0.2, 0.25) is 0 Å². The van der Waals surface area contributed by atoms with Crippen LogP contribution in [-0.2, 0) is 0 Å². The second kappa shape index (κ2) is 5.50. The van der Waals surface area contributed by atoms with Crippen LogP contribution in [-0.4, -0.2) is 12.6 Å². The van der Waals surface area contributed by atoms with Gasteiger partial charge in [0.05, 0.1) is 6.54 Å². The monoisotopic (exact) mass is 272 g/mol. The number of nitrogens with one attached hydrogen (secondary N) is 2. The van der Waals surface area contributed by atoms with Crippen LogP contribution in [0, 0.1) is 5.82 Å². The number of urea groups is 1. The van der Waals surface area contributed by atoms with Crippen molar-refractivity contribution < 1.29 is 9.18 Å². The van der Waals surface area contributed by atoms with Gasteiger partial charge in [0.2, 0.25) is 0 Å². The van der Waals surface area contributed by atoms with Gasteiger partial charge in [0.1, 0.15) is 5.82 Å². The molecule has 15 heavy (non-hydrogen) atoms. The van der Waals surface area contributed by atoms with Gasteiger partial charge in [0.25, 0.3) is 0 Å². The fraction of sp³-hybridized carbons (Fsp3) is 0.100. The Hall–Kier alpha value is -1.36. The molecule has 1 rings (SSSR count). The summed E-state index contributed by atoms with van der Waals surface area (Å²) in [4.78, 5) is 11.2. The highest BCUT2D eigenvalue weighted by molar-refractivity contribution is 9.11. The maximum atomic E-state index is 12.7. The van der Waals surface area contributed by atoms with E-state index in [1.165, 1.54) is 18.2 Å². The smallest absolute Gasteiger partial charge is 0.319 e. The molecule has 0 fully saturated rings. The molecule has 0 aliphatic heterocycles. The minimum atomic E-state index is -0.402. The average molecular weight is 273 g/mol. The highest BCUT2D eigenvalue weighted by Crippen LogP contribution is 2.08. The van der Waals surface area contributed by atoms with E-state index >= 15 is 0 Å². The molecule has 3 nitrogen and oxygen atoms in total. The summed E-state index contributed by atoms with van der Waals surface area (Å²) < 4.78 is 13.4. The first-order valence-electron chi connectivity index (χ1n) is 4.21. The van der Waals surface area contributed by atoms with Gasteiger partial charge in [-0.1, -0.05) is 28.6 Å². The molecule has 0 atom stereocenters. The summed E-state index contributed by atoms with van der Waals surface area (Å²) in [6.07, 6.45) is 0. The molecular weight excluding hydrogens is 263 g/mol. The number of benzene rings is 1. The van der Waals surface area contributed by atoms with Crippen molar-refractivity contribution >= 4 is 27.6 Å². The zero-order valence-electron chi connectivity index (χ0n) is 7.89. The van der Waals surface area contributed by atoms with Crippen molar-refractivity contribution in [3.05, 3.63) is 41.1 Å². The molecule has 0 heterocycles. The van der Waals surface area contributed by atoms with Gasteiger partial charge in [-0.3, -0.25) is 0 Å². The Balaban J connectivity index is 2.48. The fourth-order valence-electron chi connectivity index (χ4n) is 0.918. The van der Waals surface area contributed by atoms with Gasteiger partial charge in [-0.15, -0.1) is 0 Å². The lowest BCUT2D eigenvalue weighted by Crippen LogP contribution is -2.29. The first-order chi connectivity index (χ1) is 7.08. The van der Waals surface area contributed by atoms with E-state index in [9.17, 15) is 9.18 Å². The fourth-order valence-corrected chi connectivity index (χ4v) is 1.06. The largest absolute Gasteiger partial charge is 0.333 e. The first kappa shape index (κ1) is 11.7. The molecule has 80 valence electrons. The summed E-state index contributed by atoms with van der Waals surface area (Å²) in [5, 5.41) is 5.02. The molecule has 0 spiro atoms. The van der Waals surface area contributed by atoms with E-state index in [1.54, 1.807) is 6.07 Å². The lowest BCUT2D eigenvalue weighted by Gasteiger charge is -2.06. The molecule has 0 aliphatic rings. The topological polar surface area (TPSA) is 41.1 Å². The quantitative estimate of drug-likeness (QED) is 0.873. The third-order valence-corrected chi connectivity index (χ3v) is 1.80. The Morgan fingerprint density at radius 1 is 1.53 bits per heavy atom. The number of carbonyl (C=O) groups excluding carboxylic acids is 1. The van der Waals surface area contributed by atoms with Gasteiger partial charge in [-0.2, -0.15) is 0 Å². The van der Waals surface area contributed by atoms with Gasteiger partial charge in [0.15, 0.2) is 0 Å². The van der Waals surface area contributed by atoms with Gasteiger partial charge >= 0.3 is 6.03 Å². The van der Waals surface area contributed by atoms with Gasteiger partial charge in [0, 0.05) is 10.2 Å². The van der Waals surface area contributed by atoms with Gasteiger partial charge < -0.3 is 10.6 Å². The molecule has 1 aromatic carbocycles. The van der Waals surface area contributed by atoms with Crippen molar-refractivity contribution in [1.82, 2.24) is 5.32 Å². The lowest BCUT2D eigenvalue weighted by molar-refractivity contribution is 0.253. The van der Waals surface area contributed by atoms with E-state index < -0.39 is 11.8 Å². The van der Waals surface area contributed by atoms with E-state index in [4.69, 9.17) is 0 Å². The van der Waals surface area contributed by atoms with Crippen LogP contribution in [0.1, 0.15) is 0 Å². The second-order valence-corrected chi connectivity index (χ2v) is 3.96. The SMILES string of the molecule is C=C(Br)CNC(=O)Nc1cccc(F)c1. The number of hydrogen-bond donors (Lipinski definition) is 2. The average Bonchev–Trinajstić information content (AvgIpc) is 2.15. The number of hydrogen-bond acceptors (Lipinski definition) is 1. The molecule has 1 aromatic rings. The Morgan fingerprint density at radius 3 is 2.87 bits per heavy atom. The molecule has 2 N–H and O–H groups in total. The summed E-state index contributed by atoms with van der Waals surface area (Å²) in [7, 11) is 0. The third kappa shape index (κ3) is 4.60. The van der Waals surface area contributed by atoms with Crippen LogP contribution in [0.15, 0.2) is 35.3 Å². The number of anilines is 1. The highest BCUT2D eigenvalue weighted by Gasteiger charge is 2.01. The highest BCUT2D eigenvalue weighted by atomic mass is 79.9.